The third-order valence-corrected chi connectivity index (χ3v) is 4.04. The molecule has 0 saturated heterocycles. The average Bonchev–Trinajstić information content (AvgIpc) is 3.34. The summed E-state index contributed by atoms with van der Waals surface area (Å²) >= 11 is 0. The fraction of sp³-hybridized carbons (Fsp3) is 0.222. The summed E-state index contributed by atoms with van der Waals surface area (Å²) < 4.78 is 49.6. The van der Waals surface area contributed by atoms with Gasteiger partial charge in [0.25, 0.3) is 11.4 Å². The molecule has 0 spiro atoms. The molecule has 0 aliphatic heterocycles. The molecule has 0 saturated carbocycles. The third kappa shape index (κ3) is 3.89. The van der Waals surface area contributed by atoms with E-state index < -0.39 is 29.4 Å². The molecular weight excluding hydrogens is 421 g/mol. The number of rotatable bonds is 4. The highest BCUT2D eigenvalue weighted by atomic mass is 19.4. The first-order valence-electron chi connectivity index (χ1n) is 8.83. The number of H-pyrrole nitrogens is 1. The van der Waals surface area contributed by atoms with Gasteiger partial charge >= 0.3 is 18.0 Å². The second kappa shape index (κ2) is 7.34. The molecule has 13 heteroatoms. The Balaban J connectivity index is 1.75. The van der Waals surface area contributed by atoms with Crippen molar-refractivity contribution in [3.8, 4) is 22.8 Å². The van der Waals surface area contributed by atoms with E-state index in [0.29, 0.717) is 6.20 Å². The van der Waals surface area contributed by atoms with Crippen molar-refractivity contribution in [3.05, 3.63) is 52.4 Å². The number of pyridine rings is 1. The maximum atomic E-state index is 12.8. The van der Waals surface area contributed by atoms with Crippen molar-refractivity contribution < 1.29 is 27.1 Å². The van der Waals surface area contributed by atoms with E-state index in [1.165, 1.54) is 6.20 Å². The molecule has 31 heavy (non-hydrogen) atoms. The molecule has 0 unspecified atom stereocenters. The minimum absolute atomic E-state index is 0.103. The van der Waals surface area contributed by atoms with Gasteiger partial charge in [-0.3, -0.25) is 9.78 Å². The normalized spacial score (nSPS) is 11.9. The summed E-state index contributed by atoms with van der Waals surface area (Å²) in [4.78, 5) is 31.0. The molecule has 4 aromatic rings. The summed E-state index contributed by atoms with van der Waals surface area (Å²) in [5.41, 5.74) is -0.927. The Morgan fingerprint density at radius 2 is 2.00 bits per heavy atom. The van der Waals surface area contributed by atoms with Crippen LogP contribution < -0.4 is 5.56 Å². The van der Waals surface area contributed by atoms with Gasteiger partial charge in [0.15, 0.2) is 5.65 Å². The smallest absolute Gasteiger partial charge is 0.417 e. The number of ether oxygens (including phenoxy) is 1. The van der Waals surface area contributed by atoms with E-state index in [1.54, 1.807) is 13.8 Å². The fourth-order valence-corrected chi connectivity index (χ4v) is 2.68. The Hall–Kier alpha value is -4.03. The van der Waals surface area contributed by atoms with E-state index in [4.69, 9.17) is 9.15 Å². The van der Waals surface area contributed by atoms with Crippen LogP contribution in [0.2, 0.25) is 0 Å². The summed E-state index contributed by atoms with van der Waals surface area (Å²) in [5.74, 6) is -1.31. The molecular formula is C18H13F3N6O4. The van der Waals surface area contributed by atoms with Crippen LogP contribution in [0.3, 0.4) is 0 Å². The topological polar surface area (TPSA) is 128 Å². The first kappa shape index (κ1) is 20.3. The number of hydrogen-bond acceptors (Lipinski definition) is 8. The van der Waals surface area contributed by atoms with Crippen molar-refractivity contribution >= 4 is 11.6 Å². The first-order chi connectivity index (χ1) is 14.6. The predicted octanol–water partition coefficient (Wildman–Crippen LogP) is 2.72. The highest BCUT2D eigenvalue weighted by molar-refractivity contribution is 5.85. The molecule has 0 atom stereocenters. The van der Waals surface area contributed by atoms with E-state index in [0.717, 1.165) is 22.7 Å². The number of carbonyl (C=O) groups excluding carboxylic acids is 1. The highest BCUT2D eigenvalue weighted by Crippen LogP contribution is 2.29. The van der Waals surface area contributed by atoms with E-state index in [1.807, 2.05) is 0 Å². The number of halogens is 3. The van der Waals surface area contributed by atoms with Crippen LogP contribution in [0.5, 0.6) is 0 Å². The number of hydrogen-bond donors (Lipinski definition) is 1. The molecule has 0 aliphatic carbocycles. The van der Waals surface area contributed by atoms with Crippen molar-refractivity contribution in [2.45, 2.75) is 26.1 Å². The van der Waals surface area contributed by atoms with Gasteiger partial charge in [-0.15, -0.1) is 10.2 Å². The van der Waals surface area contributed by atoms with Crippen molar-refractivity contribution in [2.24, 2.45) is 0 Å². The number of aromatic nitrogens is 6. The van der Waals surface area contributed by atoms with Crippen LogP contribution in [0.25, 0.3) is 28.5 Å². The highest BCUT2D eigenvalue weighted by Gasteiger charge is 2.30. The van der Waals surface area contributed by atoms with E-state index in [-0.39, 0.29) is 34.4 Å². The molecule has 0 fully saturated rings. The van der Waals surface area contributed by atoms with Crippen molar-refractivity contribution in [1.82, 2.24) is 29.8 Å². The van der Waals surface area contributed by atoms with Crippen LogP contribution in [0.4, 0.5) is 13.2 Å². The molecule has 1 N–H and O–H groups in total. The van der Waals surface area contributed by atoms with Gasteiger partial charge in [-0.05, 0) is 26.0 Å². The molecule has 0 radical (unpaired) electrons. The van der Waals surface area contributed by atoms with Crippen molar-refractivity contribution in [2.75, 3.05) is 0 Å². The lowest BCUT2D eigenvalue weighted by molar-refractivity contribution is -0.137. The second-order valence-electron chi connectivity index (χ2n) is 6.64. The third-order valence-electron chi connectivity index (χ3n) is 4.04. The van der Waals surface area contributed by atoms with Crippen LogP contribution in [0.1, 0.15) is 30.1 Å². The standard InChI is InChI=1S/C18H13F3N6O4/c1-8(2)30-17(29)16-26-25-15(31-16)10-7-23-27-13(28)5-12(24-14(10)27)11-4-3-9(6-22-11)18(19,20)21/h3-8,24H,1-2H3. The minimum Gasteiger partial charge on any atom is -0.456 e. The maximum Gasteiger partial charge on any atom is 0.417 e. The molecule has 160 valence electrons. The number of alkyl halides is 3. The lowest BCUT2D eigenvalue weighted by Gasteiger charge is -2.07. The Morgan fingerprint density at radius 3 is 2.65 bits per heavy atom. The minimum atomic E-state index is -4.53. The molecule has 0 bridgehead atoms. The Morgan fingerprint density at radius 1 is 1.23 bits per heavy atom. The summed E-state index contributed by atoms with van der Waals surface area (Å²) in [6.45, 7) is 3.31. The monoisotopic (exact) mass is 434 g/mol. The lowest BCUT2D eigenvalue weighted by Crippen LogP contribution is -2.14. The van der Waals surface area contributed by atoms with Gasteiger partial charge in [0.05, 0.1) is 29.3 Å². The zero-order chi connectivity index (χ0) is 22.3. The van der Waals surface area contributed by atoms with Crippen molar-refractivity contribution in [1.29, 1.82) is 0 Å². The van der Waals surface area contributed by atoms with Crippen LogP contribution in [-0.2, 0) is 10.9 Å². The van der Waals surface area contributed by atoms with Gasteiger partial charge < -0.3 is 14.1 Å². The quantitative estimate of drug-likeness (QED) is 0.486. The summed E-state index contributed by atoms with van der Waals surface area (Å²) in [6.07, 6.45) is -2.99. The SMILES string of the molecule is CC(C)OC(=O)c1nnc(-c2cnn3c(=O)cc(-c4ccc(C(F)(F)F)cn4)[nH]c23)o1. The van der Waals surface area contributed by atoms with Gasteiger partial charge in [0, 0.05) is 12.3 Å². The molecule has 0 aliphatic rings. The van der Waals surface area contributed by atoms with Crippen LogP contribution in [0, 0.1) is 0 Å². The molecule has 4 rings (SSSR count). The van der Waals surface area contributed by atoms with E-state index in [2.05, 4.69) is 25.3 Å². The zero-order valence-electron chi connectivity index (χ0n) is 16.0. The van der Waals surface area contributed by atoms with Gasteiger partial charge in [-0.25, -0.2) is 4.79 Å². The van der Waals surface area contributed by atoms with Crippen LogP contribution in [0.15, 0.2) is 39.8 Å². The van der Waals surface area contributed by atoms with Crippen LogP contribution >= 0.6 is 0 Å². The number of nitrogens with one attached hydrogen (secondary N) is 1. The zero-order valence-corrected chi connectivity index (χ0v) is 16.0. The molecule has 0 amide bonds. The number of fused-ring (bicyclic) bond motifs is 1. The fourth-order valence-electron chi connectivity index (χ4n) is 2.68. The van der Waals surface area contributed by atoms with Gasteiger partial charge in [-0.1, -0.05) is 0 Å². The Labute approximate surface area is 170 Å². The number of aromatic amines is 1. The first-order valence-corrected chi connectivity index (χ1v) is 8.83. The Bertz CT molecular complexity index is 1320. The Kier molecular flexibility index (Phi) is 4.79. The van der Waals surface area contributed by atoms with Gasteiger partial charge in [0.2, 0.25) is 0 Å². The second-order valence-corrected chi connectivity index (χ2v) is 6.64. The number of nitrogens with zero attached hydrogens (tertiary/aromatic N) is 5. The largest absolute Gasteiger partial charge is 0.456 e. The summed E-state index contributed by atoms with van der Waals surface area (Å²) in [5, 5.41) is 11.3. The van der Waals surface area contributed by atoms with Crippen molar-refractivity contribution in [3.63, 3.8) is 0 Å². The predicted molar refractivity (Wildman–Crippen MR) is 97.9 cm³/mol. The molecule has 0 aromatic carbocycles. The summed E-state index contributed by atoms with van der Waals surface area (Å²) in [7, 11) is 0. The van der Waals surface area contributed by atoms with Gasteiger partial charge in [0.1, 0.15) is 5.56 Å². The number of esters is 1. The van der Waals surface area contributed by atoms with E-state index >= 15 is 0 Å². The summed E-state index contributed by atoms with van der Waals surface area (Å²) in [6, 6.07) is 3.12. The van der Waals surface area contributed by atoms with E-state index in [9.17, 15) is 22.8 Å². The lowest BCUT2D eigenvalue weighted by atomic mass is 10.2. The molecule has 4 heterocycles. The maximum absolute atomic E-state index is 12.8. The number of carbonyl (C=O) groups is 1. The van der Waals surface area contributed by atoms with Crippen LogP contribution in [-0.4, -0.2) is 41.9 Å². The molecule has 10 nitrogen and oxygen atoms in total. The average molecular weight is 434 g/mol. The van der Waals surface area contributed by atoms with Gasteiger partial charge in [-0.2, -0.15) is 22.8 Å². The molecule has 4 aromatic heterocycles.